The number of hydrogen-bond donors (Lipinski definition) is 2. The maximum absolute atomic E-state index is 13.8. The van der Waals surface area contributed by atoms with E-state index in [-0.39, 0.29) is 31.1 Å². The third-order valence-corrected chi connectivity index (χ3v) is 6.54. The van der Waals surface area contributed by atoms with Crippen LogP contribution < -0.4 is 5.32 Å². The van der Waals surface area contributed by atoms with E-state index in [1.807, 2.05) is 32.0 Å². The van der Waals surface area contributed by atoms with Gasteiger partial charge < -0.3 is 15.3 Å². The van der Waals surface area contributed by atoms with E-state index in [0.29, 0.717) is 18.5 Å². The SMILES string of the molecule is Cc1cc(O)ccc1CC(CNC(=O)CC(c1cccnc1)C1(C(F)(F)F)CC1)N(C)C. The number of benzene rings is 1. The summed E-state index contributed by atoms with van der Waals surface area (Å²) in [4.78, 5) is 18.7. The number of phenolic OH excluding ortho intramolecular Hbond substituents is 1. The molecule has 2 aromatic rings. The third kappa shape index (κ3) is 5.41. The molecule has 0 aliphatic heterocycles. The average Bonchev–Trinajstić information content (AvgIpc) is 3.53. The van der Waals surface area contributed by atoms with Gasteiger partial charge in [0.1, 0.15) is 5.75 Å². The standard InChI is InChI=1S/C24H30F3N3O2/c1-16-11-20(31)7-6-17(16)12-19(30(2)3)15-29-22(32)13-21(18-5-4-10-28-14-18)23(8-9-23)24(25,26)27/h4-7,10-11,14,19,21,31H,8-9,12-13,15H2,1-3H3,(H,29,32). The Hall–Kier alpha value is -2.61. The summed E-state index contributed by atoms with van der Waals surface area (Å²) in [6.45, 7) is 2.22. The number of phenols is 1. The van der Waals surface area contributed by atoms with Crippen LogP contribution in [0, 0.1) is 12.3 Å². The number of hydrogen-bond acceptors (Lipinski definition) is 4. The van der Waals surface area contributed by atoms with E-state index in [4.69, 9.17) is 0 Å². The highest BCUT2D eigenvalue weighted by Gasteiger charge is 2.67. The molecule has 174 valence electrons. The lowest BCUT2D eigenvalue weighted by atomic mass is 9.80. The summed E-state index contributed by atoms with van der Waals surface area (Å²) in [7, 11) is 3.79. The Bertz CT molecular complexity index is 928. The Labute approximate surface area is 186 Å². The molecule has 1 aromatic heterocycles. The van der Waals surface area contributed by atoms with Crippen molar-refractivity contribution in [1.29, 1.82) is 0 Å². The number of aromatic nitrogens is 1. The predicted molar refractivity (Wildman–Crippen MR) is 116 cm³/mol. The number of nitrogens with one attached hydrogen (secondary N) is 1. The van der Waals surface area contributed by atoms with E-state index in [0.717, 1.165) is 11.1 Å². The molecule has 5 nitrogen and oxygen atoms in total. The number of nitrogens with zero attached hydrogens (tertiary/aromatic N) is 2. The van der Waals surface area contributed by atoms with E-state index in [9.17, 15) is 23.1 Å². The molecule has 2 unspecified atom stereocenters. The van der Waals surface area contributed by atoms with Gasteiger partial charge in [0.05, 0.1) is 5.41 Å². The van der Waals surface area contributed by atoms with Crippen molar-refractivity contribution in [2.75, 3.05) is 20.6 Å². The molecule has 0 spiro atoms. The molecule has 0 radical (unpaired) electrons. The van der Waals surface area contributed by atoms with Crippen LogP contribution in [0.2, 0.25) is 0 Å². The summed E-state index contributed by atoms with van der Waals surface area (Å²) in [5.74, 6) is -1.15. The van der Waals surface area contributed by atoms with Crippen molar-refractivity contribution >= 4 is 5.91 Å². The zero-order valence-corrected chi connectivity index (χ0v) is 18.6. The molecule has 1 fully saturated rings. The highest BCUT2D eigenvalue weighted by Crippen LogP contribution is 2.66. The van der Waals surface area contributed by atoms with Crippen LogP contribution in [0.4, 0.5) is 13.2 Å². The number of carbonyl (C=O) groups excluding carboxylic acids is 1. The predicted octanol–water partition coefficient (Wildman–Crippen LogP) is 4.20. The molecule has 1 amide bonds. The normalized spacial score (nSPS) is 17.1. The number of aromatic hydroxyl groups is 1. The Morgan fingerprint density at radius 3 is 2.53 bits per heavy atom. The van der Waals surface area contributed by atoms with Crippen molar-refractivity contribution in [1.82, 2.24) is 15.2 Å². The van der Waals surface area contributed by atoms with E-state index >= 15 is 0 Å². The van der Waals surface area contributed by atoms with Gasteiger partial charge in [-0.05, 0) is 75.2 Å². The number of amides is 1. The molecule has 1 saturated carbocycles. The van der Waals surface area contributed by atoms with Gasteiger partial charge in [-0.25, -0.2) is 0 Å². The Morgan fingerprint density at radius 2 is 2.00 bits per heavy atom. The number of carbonyl (C=O) groups is 1. The topological polar surface area (TPSA) is 65.5 Å². The summed E-state index contributed by atoms with van der Waals surface area (Å²) in [5, 5.41) is 12.5. The van der Waals surface area contributed by atoms with Gasteiger partial charge in [-0.3, -0.25) is 9.78 Å². The molecule has 32 heavy (non-hydrogen) atoms. The third-order valence-electron chi connectivity index (χ3n) is 6.54. The molecule has 8 heteroatoms. The van der Waals surface area contributed by atoms with E-state index in [1.54, 1.807) is 24.3 Å². The highest BCUT2D eigenvalue weighted by molar-refractivity contribution is 5.77. The van der Waals surface area contributed by atoms with Crippen LogP contribution >= 0.6 is 0 Å². The van der Waals surface area contributed by atoms with Crippen LogP contribution in [0.1, 0.15) is 41.9 Å². The van der Waals surface area contributed by atoms with Gasteiger partial charge in [0.15, 0.2) is 0 Å². The first kappa shape index (κ1) is 24.0. The lowest BCUT2D eigenvalue weighted by molar-refractivity contribution is -0.194. The van der Waals surface area contributed by atoms with Gasteiger partial charge in [-0.15, -0.1) is 0 Å². The Morgan fingerprint density at radius 1 is 1.28 bits per heavy atom. The van der Waals surface area contributed by atoms with Crippen molar-refractivity contribution in [2.24, 2.45) is 5.41 Å². The fraction of sp³-hybridized carbons (Fsp3) is 0.500. The fourth-order valence-corrected chi connectivity index (χ4v) is 4.27. The fourth-order valence-electron chi connectivity index (χ4n) is 4.27. The molecular weight excluding hydrogens is 419 g/mol. The molecule has 0 bridgehead atoms. The lowest BCUT2D eigenvalue weighted by Gasteiger charge is -2.30. The smallest absolute Gasteiger partial charge is 0.395 e. The number of likely N-dealkylation sites (N-methyl/N-ethyl adjacent to an activating group) is 1. The molecule has 0 saturated heterocycles. The van der Waals surface area contributed by atoms with Crippen LogP contribution in [0.3, 0.4) is 0 Å². The second-order valence-electron chi connectivity index (χ2n) is 8.93. The Kier molecular flexibility index (Phi) is 7.12. The van der Waals surface area contributed by atoms with Gasteiger partial charge in [0.2, 0.25) is 5.91 Å². The minimum atomic E-state index is -4.36. The molecular formula is C24H30F3N3O2. The molecule has 3 rings (SSSR count). The van der Waals surface area contributed by atoms with Crippen LogP contribution in [0.15, 0.2) is 42.7 Å². The van der Waals surface area contributed by atoms with E-state index < -0.39 is 23.4 Å². The van der Waals surface area contributed by atoms with Gasteiger partial charge >= 0.3 is 6.18 Å². The molecule has 2 N–H and O–H groups in total. The quantitative estimate of drug-likeness (QED) is 0.602. The van der Waals surface area contributed by atoms with E-state index in [1.165, 1.54) is 12.4 Å². The maximum Gasteiger partial charge on any atom is 0.395 e. The first-order chi connectivity index (χ1) is 15.0. The molecule has 1 heterocycles. The zero-order valence-electron chi connectivity index (χ0n) is 18.6. The average molecular weight is 450 g/mol. The molecule has 1 aromatic carbocycles. The molecule has 1 aliphatic carbocycles. The van der Waals surface area contributed by atoms with E-state index in [2.05, 4.69) is 10.3 Å². The number of halogens is 3. The number of alkyl halides is 3. The van der Waals surface area contributed by atoms with Gasteiger partial charge in [-0.1, -0.05) is 12.1 Å². The minimum Gasteiger partial charge on any atom is -0.508 e. The summed E-state index contributed by atoms with van der Waals surface area (Å²) >= 11 is 0. The molecule has 2 atom stereocenters. The van der Waals surface area contributed by atoms with Crippen molar-refractivity contribution in [3.63, 3.8) is 0 Å². The zero-order chi connectivity index (χ0) is 23.5. The van der Waals surface area contributed by atoms with Crippen LogP contribution in [-0.4, -0.2) is 53.8 Å². The van der Waals surface area contributed by atoms with Gasteiger partial charge in [-0.2, -0.15) is 13.2 Å². The minimum absolute atomic E-state index is 0.0315. The van der Waals surface area contributed by atoms with Gasteiger partial charge in [0.25, 0.3) is 0 Å². The van der Waals surface area contributed by atoms with Crippen LogP contribution in [0.5, 0.6) is 5.75 Å². The highest BCUT2D eigenvalue weighted by atomic mass is 19.4. The summed E-state index contributed by atoms with van der Waals surface area (Å²) in [5.41, 5.74) is 0.581. The first-order valence-electron chi connectivity index (χ1n) is 10.7. The second kappa shape index (κ2) is 9.48. The molecule has 1 aliphatic rings. The van der Waals surface area contributed by atoms with Crippen LogP contribution in [0.25, 0.3) is 0 Å². The number of rotatable bonds is 9. The Balaban J connectivity index is 1.69. The van der Waals surface area contributed by atoms with Crippen molar-refractivity contribution < 1.29 is 23.1 Å². The monoisotopic (exact) mass is 449 g/mol. The van der Waals surface area contributed by atoms with Crippen molar-refractivity contribution in [2.45, 2.75) is 50.7 Å². The maximum atomic E-state index is 13.8. The summed E-state index contributed by atoms with van der Waals surface area (Å²) in [6, 6.07) is 8.34. The summed E-state index contributed by atoms with van der Waals surface area (Å²) < 4.78 is 41.5. The van der Waals surface area contributed by atoms with Crippen molar-refractivity contribution in [3.05, 3.63) is 59.4 Å². The first-order valence-corrected chi connectivity index (χ1v) is 10.7. The number of pyridine rings is 1. The van der Waals surface area contributed by atoms with Crippen LogP contribution in [-0.2, 0) is 11.2 Å². The summed E-state index contributed by atoms with van der Waals surface area (Å²) in [6.07, 6.45) is -0.952. The van der Waals surface area contributed by atoms with Gasteiger partial charge in [0, 0.05) is 37.3 Å². The lowest BCUT2D eigenvalue weighted by Crippen LogP contribution is -2.43. The van der Waals surface area contributed by atoms with Crippen molar-refractivity contribution in [3.8, 4) is 5.75 Å². The largest absolute Gasteiger partial charge is 0.508 e. The second-order valence-corrected chi connectivity index (χ2v) is 8.93. The number of aryl methyl sites for hydroxylation is 1.